The van der Waals surface area contributed by atoms with Crippen molar-refractivity contribution in [2.24, 2.45) is 0 Å². The highest BCUT2D eigenvalue weighted by molar-refractivity contribution is 4.69. The Balaban J connectivity index is 3.56. The van der Waals surface area contributed by atoms with E-state index in [1.54, 1.807) is 7.11 Å². The lowest BCUT2D eigenvalue weighted by Gasteiger charge is -2.30. The quantitative estimate of drug-likeness (QED) is 0.514. The maximum absolute atomic E-state index is 9.69. The summed E-state index contributed by atoms with van der Waals surface area (Å²) in [5.41, 5.74) is 0. The first-order chi connectivity index (χ1) is 8.99. The van der Waals surface area contributed by atoms with Gasteiger partial charge < -0.3 is 19.9 Å². The minimum atomic E-state index is -0.455. The highest BCUT2D eigenvalue weighted by atomic mass is 16.5. The van der Waals surface area contributed by atoms with Crippen LogP contribution in [0.5, 0.6) is 0 Å². The number of ether oxygens (including phenoxy) is 2. The number of hydrogen-bond acceptors (Lipinski definition) is 5. The van der Waals surface area contributed by atoms with E-state index in [0.29, 0.717) is 38.4 Å². The SMILES string of the molecule is COCCOCC(O)CNCCN(C(C)C)C(C)C. The summed E-state index contributed by atoms with van der Waals surface area (Å²) in [4.78, 5) is 2.43. The molecule has 1 unspecified atom stereocenters. The second-order valence-electron chi connectivity index (χ2n) is 5.35. The van der Waals surface area contributed by atoms with E-state index in [1.807, 2.05) is 0 Å². The molecule has 19 heavy (non-hydrogen) atoms. The molecule has 116 valence electrons. The van der Waals surface area contributed by atoms with Crippen molar-refractivity contribution in [1.29, 1.82) is 0 Å². The molecule has 0 aromatic carbocycles. The van der Waals surface area contributed by atoms with Crippen molar-refractivity contribution in [2.45, 2.75) is 45.9 Å². The van der Waals surface area contributed by atoms with Crippen molar-refractivity contribution in [3.05, 3.63) is 0 Å². The molecule has 0 rings (SSSR count). The molecule has 2 N–H and O–H groups in total. The summed E-state index contributed by atoms with van der Waals surface area (Å²) in [6.07, 6.45) is -0.455. The first-order valence-corrected chi connectivity index (χ1v) is 7.20. The molecule has 0 aliphatic carbocycles. The van der Waals surface area contributed by atoms with Crippen molar-refractivity contribution in [3.8, 4) is 0 Å². The predicted octanol–water partition coefficient (Wildman–Crippen LogP) is 0.719. The fourth-order valence-corrected chi connectivity index (χ4v) is 2.01. The summed E-state index contributed by atoms with van der Waals surface area (Å²) in [5.74, 6) is 0. The van der Waals surface area contributed by atoms with Crippen molar-refractivity contribution in [2.75, 3.05) is 46.6 Å². The Kier molecular flexibility index (Phi) is 11.5. The molecule has 5 nitrogen and oxygen atoms in total. The van der Waals surface area contributed by atoms with Crippen molar-refractivity contribution in [1.82, 2.24) is 10.2 Å². The molecular weight excluding hydrogens is 244 g/mol. The van der Waals surface area contributed by atoms with Crippen LogP contribution in [0.2, 0.25) is 0 Å². The molecule has 0 spiro atoms. The molecule has 1 atom stereocenters. The van der Waals surface area contributed by atoms with E-state index >= 15 is 0 Å². The Morgan fingerprint density at radius 2 is 1.74 bits per heavy atom. The van der Waals surface area contributed by atoms with E-state index in [4.69, 9.17) is 9.47 Å². The van der Waals surface area contributed by atoms with Gasteiger partial charge in [0.25, 0.3) is 0 Å². The summed E-state index contributed by atoms with van der Waals surface area (Å²) >= 11 is 0. The molecule has 0 amide bonds. The standard InChI is InChI=1S/C14H32N2O3/c1-12(2)16(13(3)4)7-6-15-10-14(17)11-19-9-8-18-5/h12-15,17H,6-11H2,1-5H3. The van der Waals surface area contributed by atoms with Gasteiger partial charge in [-0.1, -0.05) is 0 Å². The summed E-state index contributed by atoms with van der Waals surface area (Å²) in [6.45, 7) is 12.7. The lowest BCUT2D eigenvalue weighted by Crippen LogP contribution is -2.42. The van der Waals surface area contributed by atoms with Gasteiger partial charge in [-0.15, -0.1) is 0 Å². The van der Waals surface area contributed by atoms with Crippen LogP contribution in [0.1, 0.15) is 27.7 Å². The Bertz CT molecular complexity index is 193. The van der Waals surface area contributed by atoms with Gasteiger partial charge >= 0.3 is 0 Å². The molecule has 0 fully saturated rings. The van der Waals surface area contributed by atoms with Crippen LogP contribution in [-0.2, 0) is 9.47 Å². The fourth-order valence-electron chi connectivity index (χ4n) is 2.01. The third-order valence-corrected chi connectivity index (χ3v) is 3.00. The molecule has 5 heteroatoms. The predicted molar refractivity (Wildman–Crippen MR) is 78.5 cm³/mol. The summed E-state index contributed by atoms with van der Waals surface area (Å²) in [5, 5.41) is 13.0. The number of nitrogens with zero attached hydrogens (tertiary/aromatic N) is 1. The highest BCUT2D eigenvalue weighted by Gasteiger charge is 2.12. The molecule has 0 heterocycles. The summed E-state index contributed by atoms with van der Waals surface area (Å²) < 4.78 is 10.1. The Labute approximate surface area is 118 Å². The molecule has 0 aliphatic heterocycles. The van der Waals surface area contributed by atoms with Gasteiger partial charge in [0.15, 0.2) is 0 Å². The largest absolute Gasteiger partial charge is 0.389 e. The third kappa shape index (κ3) is 10.3. The first kappa shape index (κ1) is 18.8. The molecule has 0 aromatic rings. The fraction of sp³-hybridized carbons (Fsp3) is 1.00. The normalized spacial score (nSPS) is 13.7. The lowest BCUT2D eigenvalue weighted by molar-refractivity contribution is 0.0135. The maximum atomic E-state index is 9.69. The maximum Gasteiger partial charge on any atom is 0.0897 e. The van der Waals surface area contributed by atoms with Crippen LogP contribution >= 0.6 is 0 Å². The average molecular weight is 276 g/mol. The molecule has 0 radical (unpaired) electrons. The van der Waals surface area contributed by atoms with Crippen LogP contribution in [0.25, 0.3) is 0 Å². The van der Waals surface area contributed by atoms with Gasteiger partial charge in [-0.05, 0) is 27.7 Å². The monoisotopic (exact) mass is 276 g/mol. The van der Waals surface area contributed by atoms with Crippen LogP contribution in [0.3, 0.4) is 0 Å². The van der Waals surface area contributed by atoms with E-state index in [9.17, 15) is 5.11 Å². The van der Waals surface area contributed by atoms with Gasteiger partial charge in [0.2, 0.25) is 0 Å². The Morgan fingerprint density at radius 3 is 2.26 bits per heavy atom. The summed E-state index contributed by atoms with van der Waals surface area (Å²) in [7, 11) is 1.64. The lowest BCUT2D eigenvalue weighted by atomic mass is 10.2. The zero-order chi connectivity index (χ0) is 14.7. The van der Waals surface area contributed by atoms with Gasteiger partial charge in [-0.2, -0.15) is 0 Å². The van der Waals surface area contributed by atoms with Crippen LogP contribution < -0.4 is 5.32 Å². The number of rotatable bonds is 12. The minimum Gasteiger partial charge on any atom is -0.389 e. The minimum absolute atomic E-state index is 0.356. The molecule has 0 aliphatic rings. The third-order valence-electron chi connectivity index (χ3n) is 3.00. The van der Waals surface area contributed by atoms with E-state index in [2.05, 4.69) is 37.9 Å². The van der Waals surface area contributed by atoms with E-state index in [0.717, 1.165) is 13.1 Å². The van der Waals surface area contributed by atoms with Crippen molar-refractivity contribution in [3.63, 3.8) is 0 Å². The van der Waals surface area contributed by atoms with E-state index < -0.39 is 6.10 Å². The smallest absolute Gasteiger partial charge is 0.0897 e. The van der Waals surface area contributed by atoms with Gasteiger partial charge in [0, 0.05) is 38.8 Å². The Morgan fingerprint density at radius 1 is 1.11 bits per heavy atom. The number of aliphatic hydroxyl groups is 1. The summed E-state index contributed by atoms with van der Waals surface area (Å²) in [6, 6.07) is 1.09. The zero-order valence-electron chi connectivity index (χ0n) is 13.2. The van der Waals surface area contributed by atoms with Crippen LogP contribution in [0.15, 0.2) is 0 Å². The average Bonchev–Trinajstić information content (AvgIpc) is 2.33. The van der Waals surface area contributed by atoms with Crippen molar-refractivity contribution < 1.29 is 14.6 Å². The zero-order valence-corrected chi connectivity index (χ0v) is 13.2. The van der Waals surface area contributed by atoms with Gasteiger partial charge in [-0.3, -0.25) is 4.90 Å². The molecule has 0 saturated heterocycles. The van der Waals surface area contributed by atoms with Gasteiger partial charge in [-0.25, -0.2) is 0 Å². The second kappa shape index (κ2) is 11.6. The van der Waals surface area contributed by atoms with Crippen molar-refractivity contribution >= 4 is 0 Å². The van der Waals surface area contributed by atoms with E-state index in [-0.39, 0.29) is 0 Å². The van der Waals surface area contributed by atoms with Gasteiger partial charge in [0.1, 0.15) is 0 Å². The highest BCUT2D eigenvalue weighted by Crippen LogP contribution is 2.03. The molecule has 0 saturated carbocycles. The number of hydrogen-bond donors (Lipinski definition) is 2. The number of nitrogens with one attached hydrogen (secondary N) is 1. The van der Waals surface area contributed by atoms with Crippen LogP contribution in [0.4, 0.5) is 0 Å². The topological polar surface area (TPSA) is 54.0 Å². The number of aliphatic hydroxyl groups excluding tert-OH is 1. The first-order valence-electron chi connectivity index (χ1n) is 7.20. The van der Waals surface area contributed by atoms with Crippen LogP contribution in [0, 0.1) is 0 Å². The molecular formula is C14H32N2O3. The molecule has 0 bridgehead atoms. The number of methoxy groups -OCH3 is 1. The second-order valence-corrected chi connectivity index (χ2v) is 5.35. The molecule has 0 aromatic heterocycles. The van der Waals surface area contributed by atoms with Crippen LogP contribution in [-0.4, -0.2) is 74.8 Å². The van der Waals surface area contributed by atoms with E-state index in [1.165, 1.54) is 0 Å². The van der Waals surface area contributed by atoms with Gasteiger partial charge in [0.05, 0.1) is 25.9 Å². The Hall–Kier alpha value is -0.200.